The summed E-state index contributed by atoms with van der Waals surface area (Å²) in [6.45, 7) is 6.83. The minimum Gasteiger partial charge on any atom is -0.468 e. The fourth-order valence-corrected chi connectivity index (χ4v) is 4.17. The fourth-order valence-electron chi connectivity index (χ4n) is 4.17. The third-order valence-electron chi connectivity index (χ3n) is 5.80. The predicted molar refractivity (Wildman–Crippen MR) is 116 cm³/mol. The molecule has 1 fully saturated rings. The van der Waals surface area contributed by atoms with E-state index in [-0.39, 0.29) is 22.9 Å². The Morgan fingerprint density at radius 3 is 2.73 bits per heavy atom. The van der Waals surface area contributed by atoms with Gasteiger partial charge in [0.05, 0.1) is 17.7 Å². The maximum Gasteiger partial charge on any atom is 0.256 e. The highest BCUT2D eigenvalue weighted by Gasteiger charge is 2.26. The van der Waals surface area contributed by atoms with Crippen LogP contribution in [0.3, 0.4) is 0 Å². The third kappa shape index (κ3) is 4.03. The number of carbonyl (C=O) groups is 1. The molecule has 1 aliphatic heterocycles. The van der Waals surface area contributed by atoms with Crippen molar-refractivity contribution in [2.45, 2.75) is 45.7 Å². The first-order chi connectivity index (χ1) is 14.6. The Bertz CT molecular complexity index is 1080. The molecule has 1 N–H and O–H groups in total. The van der Waals surface area contributed by atoms with Gasteiger partial charge in [-0.05, 0) is 64.0 Å². The summed E-state index contributed by atoms with van der Waals surface area (Å²) in [5, 5.41) is 3.44. The van der Waals surface area contributed by atoms with Gasteiger partial charge in [-0.15, -0.1) is 0 Å². The van der Waals surface area contributed by atoms with Crippen molar-refractivity contribution in [1.82, 2.24) is 19.8 Å². The second-order valence-corrected chi connectivity index (χ2v) is 7.82. The van der Waals surface area contributed by atoms with Crippen molar-refractivity contribution in [3.05, 3.63) is 64.0 Å². The van der Waals surface area contributed by atoms with Gasteiger partial charge in [-0.2, -0.15) is 0 Å². The van der Waals surface area contributed by atoms with Crippen molar-refractivity contribution in [2.75, 3.05) is 19.6 Å². The predicted octanol–water partition coefficient (Wildman–Crippen LogP) is 3.27. The molecule has 30 heavy (non-hydrogen) atoms. The Kier molecular flexibility index (Phi) is 5.99. The number of furan rings is 1. The van der Waals surface area contributed by atoms with Crippen molar-refractivity contribution in [1.29, 1.82) is 0 Å². The Labute approximate surface area is 175 Å². The number of nitrogens with zero attached hydrogens (tertiary/aromatic N) is 3. The van der Waals surface area contributed by atoms with Crippen LogP contribution in [0.2, 0.25) is 0 Å². The van der Waals surface area contributed by atoms with Crippen LogP contribution in [0, 0.1) is 6.92 Å². The van der Waals surface area contributed by atoms with Gasteiger partial charge >= 0.3 is 0 Å². The van der Waals surface area contributed by atoms with Crippen LogP contribution < -0.4 is 10.7 Å². The number of aryl methyl sites for hydroxylation is 2. The third-order valence-corrected chi connectivity index (χ3v) is 5.80. The van der Waals surface area contributed by atoms with E-state index in [1.165, 1.54) is 6.42 Å². The van der Waals surface area contributed by atoms with E-state index in [1.807, 2.05) is 30.5 Å². The maximum absolute atomic E-state index is 13.0. The zero-order valence-corrected chi connectivity index (χ0v) is 17.6. The summed E-state index contributed by atoms with van der Waals surface area (Å²) < 4.78 is 7.50. The lowest BCUT2D eigenvalue weighted by molar-refractivity contribution is 0.0912. The summed E-state index contributed by atoms with van der Waals surface area (Å²) in [5.41, 5.74) is 1.31. The van der Waals surface area contributed by atoms with Crippen LogP contribution in [0.4, 0.5) is 0 Å². The second-order valence-electron chi connectivity index (χ2n) is 7.82. The summed E-state index contributed by atoms with van der Waals surface area (Å²) in [6, 6.07) is 7.32. The molecule has 0 spiro atoms. The first-order valence-electron chi connectivity index (χ1n) is 10.6. The highest BCUT2D eigenvalue weighted by atomic mass is 16.3. The molecule has 4 rings (SSSR count). The lowest BCUT2D eigenvalue weighted by Gasteiger charge is -2.33. The van der Waals surface area contributed by atoms with Crippen LogP contribution in [0.1, 0.15) is 54.0 Å². The monoisotopic (exact) mass is 408 g/mol. The number of nitrogens with one attached hydrogen (secondary N) is 1. The number of aromatic nitrogens is 2. The molecule has 3 aromatic rings. The molecule has 0 saturated carbocycles. The van der Waals surface area contributed by atoms with Crippen molar-refractivity contribution >= 4 is 16.9 Å². The number of carbonyl (C=O) groups excluding carboxylic acids is 1. The van der Waals surface area contributed by atoms with Crippen molar-refractivity contribution in [2.24, 2.45) is 0 Å². The van der Waals surface area contributed by atoms with Crippen LogP contribution in [-0.4, -0.2) is 40.0 Å². The summed E-state index contributed by atoms with van der Waals surface area (Å²) in [4.78, 5) is 32.8. The minimum atomic E-state index is -0.363. The van der Waals surface area contributed by atoms with Gasteiger partial charge < -0.3 is 14.3 Å². The lowest BCUT2D eigenvalue weighted by atomic mass is 10.1. The van der Waals surface area contributed by atoms with Crippen LogP contribution >= 0.6 is 0 Å². The van der Waals surface area contributed by atoms with Gasteiger partial charge in [0, 0.05) is 25.0 Å². The first kappa shape index (κ1) is 20.3. The number of rotatable bonds is 6. The van der Waals surface area contributed by atoms with Crippen LogP contribution in [0.15, 0.2) is 45.9 Å². The van der Waals surface area contributed by atoms with E-state index in [2.05, 4.69) is 15.2 Å². The molecule has 1 atom stereocenters. The normalized spacial score (nSPS) is 15.9. The largest absolute Gasteiger partial charge is 0.468 e. The topological polar surface area (TPSA) is 80.4 Å². The second kappa shape index (κ2) is 8.83. The number of fused-ring (bicyclic) bond motifs is 1. The lowest BCUT2D eigenvalue weighted by Crippen LogP contribution is -2.41. The van der Waals surface area contributed by atoms with E-state index >= 15 is 0 Å². The van der Waals surface area contributed by atoms with Crippen molar-refractivity contribution in [3.8, 4) is 0 Å². The number of pyridine rings is 2. The van der Waals surface area contributed by atoms with Gasteiger partial charge in [-0.1, -0.05) is 6.42 Å². The smallest absolute Gasteiger partial charge is 0.256 e. The van der Waals surface area contributed by atoms with E-state index in [9.17, 15) is 9.59 Å². The highest BCUT2D eigenvalue weighted by molar-refractivity contribution is 5.96. The molecule has 1 saturated heterocycles. The van der Waals surface area contributed by atoms with E-state index in [1.54, 1.807) is 24.6 Å². The van der Waals surface area contributed by atoms with Gasteiger partial charge in [0.2, 0.25) is 5.43 Å². The van der Waals surface area contributed by atoms with Gasteiger partial charge in [0.1, 0.15) is 17.0 Å². The average molecular weight is 409 g/mol. The average Bonchev–Trinajstić information content (AvgIpc) is 3.29. The van der Waals surface area contributed by atoms with Crippen molar-refractivity contribution < 1.29 is 9.21 Å². The quantitative estimate of drug-likeness (QED) is 0.677. The molecule has 158 valence electrons. The number of piperidine rings is 1. The van der Waals surface area contributed by atoms with E-state index in [4.69, 9.17) is 4.42 Å². The minimum absolute atomic E-state index is 0.0394. The van der Waals surface area contributed by atoms with Gasteiger partial charge in [0.15, 0.2) is 0 Å². The molecule has 3 aromatic heterocycles. The number of hydrogen-bond acceptors (Lipinski definition) is 5. The van der Waals surface area contributed by atoms with Crippen molar-refractivity contribution in [3.63, 3.8) is 0 Å². The Balaban J connectivity index is 1.60. The fraction of sp³-hybridized carbons (Fsp3) is 0.435. The van der Waals surface area contributed by atoms with E-state index in [0.29, 0.717) is 24.1 Å². The number of amides is 1. The van der Waals surface area contributed by atoms with Gasteiger partial charge in [-0.25, -0.2) is 4.98 Å². The highest BCUT2D eigenvalue weighted by Crippen LogP contribution is 2.24. The number of likely N-dealkylation sites (tertiary alicyclic amines) is 1. The molecule has 0 bridgehead atoms. The molecule has 7 heteroatoms. The van der Waals surface area contributed by atoms with Gasteiger partial charge in [-0.3, -0.25) is 14.5 Å². The first-order valence-corrected chi connectivity index (χ1v) is 10.6. The van der Waals surface area contributed by atoms with E-state index in [0.717, 1.165) is 37.4 Å². The van der Waals surface area contributed by atoms with Gasteiger partial charge in [0.25, 0.3) is 5.91 Å². The molecule has 1 amide bonds. The Hall–Kier alpha value is -2.93. The summed E-state index contributed by atoms with van der Waals surface area (Å²) in [6.07, 6.45) is 6.80. The summed E-state index contributed by atoms with van der Waals surface area (Å²) >= 11 is 0. The maximum atomic E-state index is 13.0. The molecule has 0 radical (unpaired) electrons. The molecular formula is C23H28N4O3. The summed E-state index contributed by atoms with van der Waals surface area (Å²) in [7, 11) is 0. The standard InChI is InChI=1S/C23H28N4O3/c1-3-26-15-18(21(28)17-10-9-16(2)25-22(17)26)23(29)24-14-19(20-8-7-13-30-20)27-11-5-4-6-12-27/h7-10,13,15,19H,3-6,11-12,14H2,1-2H3,(H,24,29). The van der Waals surface area contributed by atoms with Crippen LogP contribution in [0.25, 0.3) is 11.0 Å². The molecule has 0 aromatic carbocycles. The van der Waals surface area contributed by atoms with E-state index < -0.39 is 0 Å². The zero-order chi connectivity index (χ0) is 21.1. The molecule has 7 nitrogen and oxygen atoms in total. The number of hydrogen-bond donors (Lipinski definition) is 1. The Morgan fingerprint density at radius 2 is 2.03 bits per heavy atom. The zero-order valence-electron chi connectivity index (χ0n) is 17.6. The molecular weight excluding hydrogens is 380 g/mol. The van der Waals surface area contributed by atoms with Crippen LogP contribution in [0.5, 0.6) is 0 Å². The van der Waals surface area contributed by atoms with Crippen LogP contribution in [-0.2, 0) is 6.54 Å². The SMILES string of the molecule is CCn1cc(C(=O)NCC(c2ccco2)N2CCCCC2)c(=O)c2ccc(C)nc21. The molecule has 1 unspecified atom stereocenters. The Morgan fingerprint density at radius 1 is 1.23 bits per heavy atom. The molecule has 4 heterocycles. The molecule has 1 aliphatic rings. The molecule has 0 aliphatic carbocycles. The summed E-state index contributed by atoms with van der Waals surface area (Å²) in [5.74, 6) is 0.472.